The molecule has 0 heterocycles. The SMILES string of the molecule is Nc1c(-c2ccc(C(=O)O)cc2)cc(-c2cc(-c3ccc(C(=O)O)cc3)c(N)c(-c3ccc(C(=O)O)cc3)c2)cc1-c1ccc(C(=O)O)cc1. The van der Waals surface area contributed by atoms with E-state index in [-0.39, 0.29) is 22.3 Å². The molecule has 0 saturated carbocycles. The zero-order chi connectivity index (χ0) is 35.7. The molecule has 0 aromatic heterocycles. The molecule has 0 saturated heterocycles. The van der Waals surface area contributed by atoms with E-state index in [0.29, 0.717) is 67.0 Å². The number of hydrogen-bond acceptors (Lipinski definition) is 6. The molecule has 0 aliphatic carbocycles. The highest BCUT2D eigenvalue weighted by Gasteiger charge is 2.19. The monoisotopic (exact) mass is 664 g/mol. The second kappa shape index (κ2) is 13.1. The Morgan fingerprint density at radius 2 is 0.500 bits per heavy atom. The van der Waals surface area contributed by atoms with Gasteiger partial charge in [0.25, 0.3) is 0 Å². The standard InChI is InChI=1S/C40H28N2O8/c41-35-31(21-1-9-25(10-2-21)37(43)44)17-29(18-32(35)22-3-11-26(12-4-22)38(45)46)30-19-33(23-5-13-27(14-6-23)39(47)48)36(42)34(20-30)24-7-15-28(16-8-24)40(49)50/h1-20H,41-42H2,(H,43,44)(H,45,46)(H,47,48)(H,49,50). The Labute approximate surface area is 285 Å². The fraction of sp³-hybridized carbons (Fsp3) is 0. The maximum atomic E-state index is 11.6. The van der Waals surface area contributed by atoms with E-state index >= 15 is 0 Å². The molecule has 50 heavy (non-hydrogen) atoms. The van der Waals surface area contributed by atoms with Gasteiger partial charge in [0.05, 0.1) is 22.3 Å². The average molecular weight is 665 g/mol. The third kappa shape index (κ3) is 6.36. The van der Waals surface area contributed by atoms with Gasteiger partial charge in [-0.2, -0.15) is 0 Å². The molecule has 8 N–H and O–H groups in total. The van der Waals surface area contributed by atoms with Crippen LogP contribution in [0.5, 0.6) is 0 Å². The Morgan fingerprint density at radius 3 is 0.660 bits per heavy atom. The highest BCUT2D eigenvalue weighted by molar-refractivity contribution is 5.99. The Balaban J connectivity index is 1.62. The summed E-state index contributed by atoms with van der Waals surface area (Å²) in [5.74, 6) is -4.31. The molecule has 0 aliphatic heterocycles. The van der Waals surface area contributed by atoms with Crippen LogP contribution in [0.15, 0.2) is 121 Å². The van der Waals surface area contributed by atoms with Crippen LogP contribution < -0.4 is 11.5 Å². The van der Waals surface area contributed by atoms with Gasteiger partial charge in [-0.1, -0.05) is 48.5 Å². The number of benzene rings is 6. The van der Waals surface area contributed by atoms with Crippen LogP contribution in [-0.4, -0.2) is 44.3 Å². The van der Waals surface area contributed by atoms with Gasteiger partial charge in [-0.15, -0.1) is 0 Å². The van der Waals surface area contributed by atoms with E-state index in [1.807, 2.05) is 24.3 Å². The smallest absolute Gasteiger partial charge is 0.335 e. The summed E-state index contributed by atoms with van der Waals surface area (Å²) in [6.07, 6.45) is 0. The lowest BCUT2D eigenvalue weighted by Gasteiger charge is -2.19. The number of anilines is 2. The second-order valence-corrected chi connectivity index (χ2v) is 11.5. The molecular weight excluding hydrogens is 636 g/mol. The van der Waals surface area contributed by atoms with Crippen LogP contribution in [-0.2, 0) is 0 Å². The van der Waals surface area contributed by atoms with Crippen molar-refractivity contribution in [3.8, 4) is 55.6 Å². The molecule has 6 aromatic carbocycles. The lowest BCUT2D eigenvalue weighted by molar-refractivity contribution is 0.0686. The first kappa shape index (κ1) is 32.7. The molecule has 246 valence electrons. The summed E-state index contributed by atoms with van der Waals surface area (Å²) in [4.78, 5) is 46.3. The largest absolute Gasteiger partial charge is 0.478 e. The van der Waals surface area contributed by atoms with E-state index in [4.69, 9.17) is 11.5 Å². The number of carboxylic acids is 4. The summed E-state index contributed by atoms with van der Waals surface area (Å²) in [5.41, 5.74) is 21.0. The molecule has 0 spiro atoms. The highest BCUT2D eigenvalue weighted by atomic mass is 16.4. The first-order valence-electron chi connectivity index (χ1n) is 15.1. The lowest BCUT2D eigenvalue weighted by atomic mass is 9.87. The van der Waals surface area contributed by atoms with E-state index in [0.717, 1.165) is 0 Å². The summed E-state index contributed by atoms with van der Waals surface area (Å²) in [7, 11) is 0. The predicted octanol–water partition coefficient (Wildman–Crippen LogP) is 7.98. The molecule has 0 atom stereocenters. The number of carbonyl (C=O) groups is 4. The normalized spacial score (nSPS) is 10.8. The van der Waals surface area contributed by atoms with E-state index in [9.17, 15) is 39.6 Å². The molecule has 0 radical (unpaired) electrons. The van der Waals surface area contributed by atoms with E-state index < -0.39 is 23.9 Å². The second-order valence-electron chi connectivity index (χ2n) is 11.5. The summed E-state index contributed by atoms with van der Waals surface area (Å²) >= 11 is 0. The predicted molar refractivity (Wildman–Crippen MR) is 190 cm³/mol. The maximum Gasteiger partial charge on any atom is 0.335 e. The number of rotatable bonds is 9. The molecule has 0 bridgehead atoms. The quantitative estimate of drug-likeness (QED) is 0.0823. The molecule has 10 heteroatoms. The number of carboxylic acid groups (broad SMARTS) is 4. The summed E-state index contributed by atoms with van der Waals surface area (Å²) < 4.78 is 0. The van der Waals surface area contributed by atoms with Crippen molar-refractivity contribution in [3.05, 3.63) is 144 Å². The third-order valence-corrected chi connectivity index (χ3v) is 8.46. The van der Waals surface area contributed by atoms with Crippen LogP contribution in [0.4, 0.5) is 11.4 Å². The van der Waals surface area contributed by atoms with Crippen LogP contribution in [0.2, 0.25) is 0 Å². The van der Waals surface area contributed by atoms with Gasteiger partial charge in [0.1, 0.15) is 0 Å². The van der Waals surface area contributed by atoms with Crippen molar-refractivity contribution < 1.29 is 39.6 Å². The number of aromatic carboxylic acids is 4. The maximum absolute atomic E-state index is 11.6. The van der Waals surface area contributed by atoms with Crippen molar-refractivity contribution >= 4 is 35.3 Å². The third-order valence-electron chi connectivity index (χ3n) is 8.46. The first-order chi connectivity index (χ1) is 23.9. The molecule has 6 rings (SSSR count). The topological polar surface area (TPSA) is 201 Å². The minimum atomic E-state index is -1.08. The van der Waals surface area contributed by atoms with Gasteiger partial charge >= 0.3 is 23.9 Å². The van der Waals surface area contributed by atoms with Crippen LogP contribution >= 0.6 is 0 Å². The van der Waals surface area contributed by atoms with Gasteiger partial charge in [0.15, 0.2) is 0 Å². The van der Waals surface area contributed by atoms with Crippen LogP contribution in [0.1, 0.15) is 41.4 Å². The Hall–Kier alpha value is -7.20. The van der Waals surface area contributed by atoms with Gasteiger partial charge in [-0.25, -0.2) is 19.2 Å². The van der Waals surface area contributed by atoms with Gasteiger partial charge in [0.2, 0.25) is 0 Å². The molecule has 0 amide bonds. The molecule has 0 aliphatic rings. The van der Waals surface area contributed by atoms with E-state index in [1.165, 1.54) is 48.5 Å². The van der Waals surface area contributed by atoms with Gasteiger partial charge in [0, 0.05) is 33.6 Å². The van der Waals surface area contributed by atoms with Crippen molar-refractivity contribution in [1.29, 1.82) is 0 Å². The zero-order valence-corrected chi connectivity index (χ0v) is 26.1. The fourth-order valence-electron chi connectivity index (χ4n) is 5.76. The number of nitrogens with two attached hydrogens (primary N) is 2. The van der Waals surface area contributed by atoms with Crippen molar-refractivity contribution in [2.45, 2.75) is 0 Å². The number of nitrogen functional groups attached to an aromatic ring is 2. The summed E-state index contributed by atoms with van der Waals surface area (Å²) in [6, 6.07) is 32.5. The molecular formula is C40H28N2O8. The highest BCUT2D eigenvalue weighted by Crippen LogP contribution is 2.43. The molecule has 10 nitrogen and oxygen atoms in total. The van der Waals surface area contributed by atoms with Crippen molar-refractivity contribution in [1.82, 2.24) is 0 Å². The minimum absolute atomic E-state index is 0.101. The number of hydrogen-bond donors (Lipinski definition) is 6. The summed E-state index contributed by atoms with van der Waals surface area (Å²) in [5, 5.41) is 37.8. The fourth-order valence-corrected chi connectivity index (χ4v) is 5.76. The average Bonchev–Trinajstić information content (AvgIpc) is 3.12. The molecule has 0 fully saturated rings. The van der Waals surface area contributed by atoms with E-state index in [1.54, 1.807) is 48.5 Å². The Kier molecular flexibility index (Phi) is 8.59. The first-order valence-corrected chi connectivity index (χ1v) is 15.1. The van der Waals surface area contributed by atoms with Gasteiger partial charge < -0.3 is 31.9 Å². The summed E-state index contributed by atoms with van der Waals surface area (Å²) in [6.45, 7) is 0. The lowest BCUT2D eigenvalue weighted by Crippen LogP contribution is -2.00. The van der Waals surface area contributed by atoms with Crippen molar-refractivity contribution in [2.75, 3.05) is 11.5 Å². The van der Waals surface area contributed by atoms with Gasteiger partial charge in [-0.3, -0.25) is 0 Å². The Morgan fingerprint density at radius 1 is 0.320 bits per heavy atom. The zero-order valence-electron chi connectivity index (χ0n) is 26.1. The van der Waals surface area contributed by atoms with Crippen LogP contribution in [0, 0.1) is 0 Å². The van der Waals surface area contributed by atoms with Crippen LogP contribution in [0.3, 0.4) is 0 Å². The van der Waals surface area contributed by atoms with E-state index in [2.05, 4.69) is 0 Å². The van der Waals surface area contributed by atoms with Gasteiger partial charge in [-0.05, 0) is 106 Å². The molecule has 6 aromatic rings. The minimum Gasteiger partial charge on any atom is -0.478 e. The molecule has 0 unspecified atom stereocenters. The Bertz CT molecular complexity index is 1990. The van der Waals surface area contributed by atoms with Crippen molar-refractivity contribution in [2.24, 2.45) is 0 Å². The van der Waals surface area contributed by atoms with Crippen LogP contribution in [0.25, 0.3) is 55.6 Å². The van der Waals surface area contributed by atoms with Crippen molar-refractivity contribution in [3.63, 3.8) is 0 Å².